The minimum Gasteiger partial charge on any atom is -0.382 e. The first-order valence-electron chi connectivity index (χ1n) is 10.8. The number of nitrogens with one attached hydrogen (secondary N) is 1. The van der Waals surface area contributed by atoms with E-state index in [4.69, 9.17) is 16.0 Å². The zero-order valence-corrected chi connectivity index (χ0v) is 18.6. The van der Waals surface area contributed by atoms with Crippen LogP contribution < -0.4 is 16.8 Å². The molecule has 3 heterocycles. The van der Waals surface area contributed by atoms with Gasteiger partial charge in [-0.25, -0.2) is 14.4 Å². The van der Waals surface area contributed by atoms with E-state index in [9.17, 15) is 9.18 Å². The van der Waals surface area contributed by atoms with Crippen molar-refractivity contribution in [3.8, 4) is 22.9 Å². The van der Waals surface area contributed by atoms with Gasteiger partial charge in [-0.1, -0.05) is 30.3 Å². The number of carbonyl (C=O) groups is 1. The Hall–Kier alpha value is -4.12. The Balaban J connectivity index is 1.61. The number of amides is 1. The first-order chi connectivity index (χ1) is 16.5. The van der Waals surface area contributed by atoms with Crippen molar-refractivity contribution in [2.45, 2.75) is 26.3 Å². The Labute approximate surface area is 195 Å². The lowest BCUT2D eigenvalue weighted by molar-refractivity contribution is -0.119. The summed E-state index contributed by atoms with van der Waals surface area (Å²) in [6.07, 6.45) is 4.31. The quantitative estimate of drug-likeness (QED) is 0.342. The highest BCUT2D eigenvalue weighted by atomic mass is 19.1. The zero-order valence-electron chi connectivity index (χ0n) is 18.6. The maximum Gasteiger partial charge on any atom is 0.227 e. The van der Waals surface area contributed by atoms with Crippen molar-refractivity contribution < 1.29 is 13.7 Å². The molecule has 0 aliphatic rings. The van der Waals surface area contributed by atoms with E-state index >= 15 is 0 Å². The topological polar surface area (TPSA) is 151 Å². The molecular weight excluding hydrogens is 439 g/mol. The standard InChI is InChI=1S/C23H25FN8O2/c1-14(5-4-9-25)23(33)28-19-12-27-22(29-21(19)26)18-11-20(17-8-10-34-31-17)32(30-18)13-15-6-2-3-7-16(15)24/h2-3,6-8,10-12,14H,4-5,9,13,25H2,1H3,(H,28,33)(H2,26,27,29)/t14-/m0/s1. The molecule has 10 nitrogen and oxygen atoms in total. The number of carbonyl (C=O) groups excluding carboxylic acids is 1. The van der Waals surface area contributed by atoms with Crippen LogP contribution in [0.3, 0.4) is 0 Å². The molecule has 0 saturated carbocycles. The van der Waals surface area contributed by atoms with Crippen LogP contribution >= 0.6 is 0 Å². The summed E-state index contributed by atoms with van der Waals surface area (Å²) in [6, 6.07) is 9.86. The van der Waals surface area contributed by atoms with Gasteiger partial charge in [-0.2, -0.15) is 5.10 Å². The van der Waals surface area contributed by atoms with Gasteiger partial charge >= 0.3 is 0 Å². The van der Waals surface area contributed by atoms with Gasteiger partial charge in [-0.05, 0) is 31.5 Å². The van der Waals surface area contributed by atoms with Crippen molar-refractivity contribution in [1.82, 2.24) is 24.9 Å². The first kappa shape index (κ1) is 23.1. The summed E-state index contributed by atoms with van der Waals surface area (Å²) in [4.78, 5) is 21.0. The van der Waals surface area contributed by atoms with Gasteiger partial charge in [0.2, 0.25) is 5.91 Å². The molecule has 0 unspecified atom stereocenters. The fourth-order valence-electron chi connectivity index (χ4n) is 3.41. The van der Waals surface area contributed by atoms with Crippen LogP contribution in [-0.4, -0.2) is 37.4 Å². The molecular formula is C23H25FN8O2. The number of rotatable bonds is 9. The lowest BCUT2D eigenvalue weighted by atomic mass is 10.0. The fraction of sp³-hybridized carbons (Fsp3) is 0.261. The minimum absolute atomic E-state index is 0.107. The van der Waals surface area contributed by atoms with Crippen LogP contribution in [0.5, 0.6) is 0 Å². The second-order valence-corrected chi connectivity index (χ2v) is 7.86. The third-order valence-corrected chi connectivity index (χ3v) is 5.35. The summed E-state index contributed by atoms with van der Waals surface area (Å²) < 4.78 is 20.8. The number of nitrogens with two attached hydrogens (primary N) is 2. The van der Waals surface area contributed by atoms with E-state index in [-0.39, 0.29) is 35.8 Å². The van der Waals surface area contributed by atoms with Gasteiger partial charge in [0.15, 0.2) is 11.6 Å². The number of hydrogen-bond acceptors (Lipinski definition) is 8. The fourth-order valence-corrected chi connectivity index (χ4v) is 3.41. The van der Waals surface area contributed by atoms with E-state index in [1.54, 1.807) is 35.0 Å². The van der Waals surface area contributed by atoms with Crippen molar-refractivity contribution >= 4 is 17.4 Å². The van der Waals surface area contributed by atoms with Crippen molar-refractivity contribution in [3.05, 3.63) is 60.2 Å². The highest BCUT2D eigenvalue weighted by Crippen LogP contribution is 2.26. The summed E-state index contributed by atoms with van der Waals surface area (Å²) in [5.41, 5.74) is 13.9. The van der Waals surface area contributed by atoms with Gasteiger partial charge in [0.1, 0.15) is 29.2 Å². The molecule has 0 aliphatic heterocycles. The molecule has 1 amide bonds. The maximum absolute atomic E-state index is 14.2. The Morgan fingerprint density at radius 2 is 2.09 bits per heavy atom. The zero-order chi connectivity index (χ0) is 24.1. The van der Waals surface area contributed by atoms with E-state index in [0.29, 0.717) is 41.3 Å². The minimum atomic E-state index is -0.341. The van der Waals surface area contributed by atoms with Gasteiger partial charge < -0.3 is 21.3 Å². The molecule has 0 bridgehead atoms. The smallest absolute Gasteiger partial charge is 0.227 e. The van der Waals surface area contributed by atoms with Crippen LogP contribution in [0.4, 0.5) is 15.9 Å². The van der Waals surface area contributed by atoms with Gasteiger partial charge in [0, 0.05) is 17.5 Å². The number of halogens is 1. The van der Waals surface area contributed by atoms with Gasteiger partial charge in [-0.3, -0.25) is 9.48 Å². The molecule has 0 saturated heterocycles. The van der Waals surface area contributed by atoms with Crippen molar-refractivity contribution in [1.29, 1.82) is 0 Å². The second kappa shape index (κ2) is 10.2. The Bertz CT molecular complexity index is 1270. The molecule has 34 heavy (non-hydrogen) atoms. The molecule has 1 atom stereocenters. The third kappa shape index (κ3) is 5.09. The number of anilines is 2. The normalized spacial score (nSPS) is 12.0. The summed E-state index contributed by atoms with van der Waals surface area (Å²) >= 11 is 0. The van der Waals surface area contributed by atoms with Crippen molar-refractivity contribution in [3.63, 3.8) is 0 Å². The summed E-state index contributed by atoms with van der Waals surface area (Å²) in [5, 5.41) is 11.3. The van der Waals surface area contributed by atoms with E-state index in [2.05, 4.69) is 25.5 Å². The van der Waals surface area contributed by atoms with Gasteiger partial charge in [-0.15, -0.1) is 0 Å². The summed E-state index contributed by atoms with van der Waals surface area (Å²) in [5.74, 6) is -0.382. The van der Waals surface area contributed by atoms with Crippen LogP contribution in [0.25, 0.3) is 22.9 Å². The monoisotopic (exact) mass is 464 g/mol. The average Bonchev–Trinajstić information content (AvgIpc) is 3.50. The van der Waals surface area contributed by atoms with E-state index in [0.717, 1.165) is 6.42 Å². The number of benzene rings is 1. The highest BCUT2D eigenvalue weighted by molar-refractivity contribution is 5.94. The number of hydrogen-bond donors (Lipinski definition) is 3. The Morgan fingerprint density at radius 1 is 1.26 bits per heavy atom. The van der Waals surface area contributed by atoms with Crippen LogP contribution in [0.1, 0.15) is 25.3 Å². The third-order valence-electron chi connectivity index (χ3n) is 5.35. The van der Waals surface area contributed by atoms with Crippen molar-refractivity contribution in [2.75, 3.05) is 17.6 Å². The summed E-state index contributed by atoms with van der Waals surface area (Å²) in [6.45, 7) is 2.51. The molecule has 11 heteroatoms. The van der Waals surface area contributed by atoms with Crippen LogP contribution in [-0.2, 0) is 11.3 Å². The predicted octanol–water partition coefficient (Wildman–Crippen LogP) is 3.08. The molecule has 176 valence electrons. The molecule has 4 rings (SSSR count). The van der Waals surface area contributed by atoms with Gasteiger partial charge in [0.25, 0.3) is 0 Å². The van der Waals surface area contributed by atoms with E-state index < -0.39 is 0 Å². The molecule has 0 spiro atoms. The molecule has 0 radical (unpaired) electrons. The largest absolute Gasteiger partial charge is 0.382 e. The molecule has 3 aromatic heterocycles. The van der Waals surface area contributed by atoms with Crippen molar-refractivity contribution in [2.24, 2.45) is 11.7 Å². The molecule has 0 aliphatic carbocycles. The Morgan fingerprint density at radius 3 is 2.79 bits per heavy atom. The van der Waals surface area contributed by atoms with E-state index in [1.165, 1.54) is 18.5 Å². The lowest BCUT2D eigenvalue weighted by Crippen LogP contribution is -2.22. The highest BCUT2D eigenvalue weighted by Gasteiger charge is 2.19. The predicted molar refractivity (Wildman–Crippen MR) is 125 cm³/mol. The second-order valence-electron chi connectivity index (χ2n) is 7.86. The van der Waals surface area contributed by atoms with E-state index in [1.807, 2.05) is 6.92 Å². The first-order valence-corrected chi connectivity index (χ1v) is 10.8. The van der Waals surface area contributed by atoms with Crippen LogP contribution in [0.15, 0.2) is 53.4 Å². The average molecular weight is 465 g/mol. The molecule has 0 fully saturated rings. The summed E-state index contributed by atoms with van der Waals surface area (Å²) in [7, 11) is 0. The maximum atomic E-state index is 14.2. The van der Waals surface area contributed by atoms with Gasteiger partial charge in [0.05, 0.1) is 18.4 Å². The van der Waals surface area contributed by atoms with Crippen LogP contribution in [0.2, 0.25) is 0 Å². The number of aromatic nitrogens is 5. The lowest BCUT2D eigenvalue weighted by Gasteiger charge is -2.12. The molecule has 4 aromatic rings. The Kier molecular flexibility index (Phi) is 6.93. The van der Waals surface area contributed by atoms with Crippen LogP contribution in [0, 0.1) is 11.7 Å². The number of nitrogen functional groups attached to an aromatic ring is 1. The number of nitrogens with zero attached hydrogens (tertiary/aromatic N) is 5. The SMILES string of the molecule is C[C@@H](CCCN)C(=O)Nc1cnc(-c2cc(-c3ccon3)n(Cc3ccccc3F)n2)nc1N. The molecule has 1 aromatic carbocycles. The molecule has 5 N–H and O–H groups in total.